The van der Waals surface area contributed by atoms with E-state index < -0.39 is 0 Å². The highest BCUT2D eigenvalue weighted by Gasteiger charge is 2.23. The van der Waals surface area contributed by atoms with Crippen molar-refractivity contribution in [3.63, 3.8) is 0 Å². The first-order valence-corrected chi connectivity index (χ1v) is 9.86. The molecule has 144 valence electrons. The Morgan fingerprint density at radius 3 is 2.44 bits per heavy atom. The number of anilines is 2. The highest BCUT2D eigenvalue weighted by Crippen LogP contribution is 2.24. The van der Waals surface area contributed by atoms with Gasteiger partial charge < -0.3 is 14.7 Å². The lowest BCUT2D eigenvalue weighted by Gasteiger charge is -2.37. The zero-order valence-corrected chi connectivity index (χ0v) is 16.9. The number of nitrogens with zero attached hydrogens (tertiary/aromatic N) is 4. The second kappa shape index (κ2) is 8.42. The molecule has 0 bridgehead atoms. The predicted octanol–water partition coefficient (Wildman–Crippen LogP) is 3.51. The maximum atomic E-state index is 13.0. The fourth-order valence-electron chi connectivity index (χ4n) is 3.68. The van der Waals surface area contributed by atoms with E-state index in [1.807, 2.05) is 17.0 Å². The highest BCUT2D eigenvalue weighted by molar-refractivity contribution is 5.95. The van der Waals surface area contributed by atoms with E-state index in [-0.39, 0.29) is 5.91 Å². The summed E-state index contributed by atoms with van der Waals surface area (Å²) in [5, 5.41) is 0. The second-order valence-corrected chi connectivity index (χ2v) is 7.07. The fraction of sp³-hybridized carbons (Fsp3) is 0.455. The molecule has 3 rings (SSSR count). The van der Waals surface area contributed by atoms with Crippen molar-refractivity contribution >= 4 is 17.4 Å². The zero-order valence-electron chi connectivity index (χ0n) is 16.9. The Balaban J connectivity index is 1.68. The van der Waals surface area contributed by atoms with Gasteiger partial charge >= 0.3 is 0 Å². The summed E-state index contributed by atoms with van der Waals surface area (Å²) >= 11 is 0. The monoisotopic (exact) mass is 366 g/mol. The summed E-state index contributed by atoms with van der Waals surface area (Å²) in [4.78, 5) is 23.9. The van der Waals surface area contributed by atoms with Crippen LogP contribution in [0.15, 0.2) is 36.5 Å². The molecule has 2 heterocycles. The molecular weight excluding hydrogens is 336 g/mol. The van der Waals surface area contributed by atoms with Crippen LogP contribution < -0.4 is 9.80 Å². The minimum atomic E-state index is 0.103. The zero-order chi connectivity index (χ0) is 19.4. The normalized spacial score (nSPS) is 14.4. The van der Waals surface area contributed by atoms with Crippen molar-refractivity contribution < 1.29 is 4.79 Å². The summed E-state index contributed by atoms with van der Waals surface area (Å²) in [5.74, 6) is 0.978. The van der Waals surface area contributed by atoms with Crippen LogP contribution >= 0.6 is 0 Å². The number of aromatic nitrogens is 1. The number of piperazine rings is 1. The van der Waals surface area contributed by atoms with Gasteiger partial charge in [0.05, 0.1) is 0 Å². The van der Waals surface area contributed by atoms with E-state index in [1.54, 1.807) is 6.20 Å². The van der Waals surface area contributed by atoms with Gasteiger partial charge in [0.2, 0.25) is 0 Å². The Morgan fingerprint density at radius 2 is 1.78 bits per heavy atom. The van der Waals surface area contributed by atoms with Gasteiger partial charge in [-0.05, 0) is 57.0 Å². The summed E-state index contributed by atoms with van der Waals surface area (Å²) < 4.78 is 0. The molecule has 0 unspecified atom stereocenters. The van der Waals surface area contributed by atoms with E-state index in [1.165, 1.54) is 16.8 Å². The molecule has 0 atom stereocenters. The van der Waals surface area contributed by atoms with Gasteiger partial charge in [-0.3, -0.25) is 4.79 Å². The number of amides is 1. The molecule has 1 aliphatic rings. The predicted molar refractivity (Wildman–Crippen MR) is 112 cm³/mol. The van der Waals surface area contributed by atoms with Crippen molar-refractivity contribution in [1.82, 2.24) is 9.88 Å². The number of carbonyl (C=O) groups is 1. The van der Waals surface area contributed by atoms with Crippen molar-refractivity contribution in [1.29, 1.82) is 0 Å². The van der Waals surface area contributed by atoms with Crippen LogP contribution in [-0.4, -0.2) is 55.1 Å². The molecular formula is C22H30N4O. The van der Waals surface area contributed by atoms with E-state index in [0.29, 0.717) is 0 Å². The molecule has 1 aromatic heterocycles. The average Bonchev–Trinajstić information content (AvgIpc) is 2.71. The van der Waals surface area contributed by atoms with Crippen LogP contribution in [0.25, 0.3) is 0 Å². The van der Waals surface area contributed by atoms with Crippen LogP contribution in [-0.2, 0) is 0 Å². The fourth-order valence-corrected chi connectivity index (χ4v) is 3.68. The van der Waals surface area contributed by atoms with Crippen LogP contribution in [0.2, 0.25) is 0 Å². The molecule has 1 aromatic carbocycles. The third-order valence-corrected chi connectivity index (χ3v) is 5.56. The minimum absolute atomic E-state index is 0.103. The number of hydrogen-bond acceptors (Lipinski definition) is 4. The van der Waals surface area contributed by atoms with Gasteiger partial charge in [-0.15, -0.1) is 0 Å². The van der Waals surface area contributed by atoms with Crippen molar-refractivity contribution in [3.05, 3.63) is 53.2 Å². The van der Waals surface area contributed by atoms with Crippen molar-refractivity contribution in [2.24, 2.45) is 0 Å². The van der Waals surface area contributed by atoms with Gasteiger partial charge in [-0.25, -0.2) is 4.98 Å². The third kappa shape index (κ3) is 4.07. The molecule has 1 saturated heterocycles. The largest absolute Gasteiger partial charge is 0.368 e. The Hall–Kier alpha value is -2.56. The van der Waals surface area contributed by atoms with E-state index in [2.05, 4.69) is 60.7 Å². The number of hydrogen-bond donors (Lipinski definition) is 0. The molecule has 5 nitrogen and oxygen atoms in total. The lowest BCUT2D eigenvalue weighted by Crippen LogP contribution is -2.49. The Morgan fingerprint density at radius 1 is 1.07 bits per heavy atom. The summed E-state index contributed by atoms with van der Waals surface area (Å²) in [7, 11) is 0. The number of aryl methyl sites for hydroxylation is 1. The van der Waals surface area contributed by atoms with Crippen LogP contribution in [0, 0.1) is 13.8 Å². The summed E-state index contributed by atoms with van der Waals surface area (Å²) in [6, 6.07) is 10.2. The van der Waals surface area contributed by atoms with E-state index >= 15 is 0 Å². The van der Waals surface area contributed by atoms with Gasteiger partial charge in [0, 0.05) is 56.7 Å². The molecule has 1 amide bonds. The van der Waals surface area contributed by atoms with E-state index in [0.717, 1.165) is 50.6 Å². The molecule has 0 radical (unpaired) electrons. The molecule has 0 aliphatic carbocycles. The van der Waals surface area contributed by atoms with E-state index in [4.69, 9.17) is 0 Å². The van der Waals surface area contributed by atoms with Crippen LogP contribution in [0.5, 0.6) is 0 Å². The maximum absolute atomic E-state index is 13.0. The van der Waals surface area contributed by atoms with Crippen molar-refractivity contribution in [3.8, 4) is 0 Å². The quantitative estimate of drug-likeness (QED) is 0.812. The van der Waals surface area contributed by atoms with Gasteiger partial charge in [0.1, 0.15) is 5.82 Å². The first kappa shape index (κ1) is 19.2. The van der Waals surface area contributed by atoms with Gasteiger partial charge in [0.25, 0.3) is 5.91 Å². The van der Waals surface area contributed by atoms with Gasteiger partial charge in [-0.2, -0.15) is 0 Å². The van der Waals surface area contributed by atoms with Crippen LogP contribution in [0.4, 0.5) is 11.5 Å². The molecule has 2 aromatic rings. The Kier molecular flexibility index (Phi) is 5.99. The average molecular weight is 367 g/mol. The molecule has 1 fully saturated rings. The lowest BCUT2D eigenvalue weighted by molar-refractivity contribution is 0.0746. The van der Waals surface area contributed by atoms with Crippen molar-refractivity contribution in [2.75, 3.05) is 49.1 Å². The smallest absolute Gasteiger partial charge is 0.254 e. The molecule has 27 heavy (non-hydrogen) atoms. The Bertz CT molecular complexity index is 793. The Labute approximate surface area is 162 Å². The SMILES string of the molecule is CCN(CC)c1cc(C(=O)N2CCN(c3cccc(C)c3C)CC2)ccn1. The van der Waals surface area contributed by atoms with E-state index in [9.17, 15) is 4.79 Å². The summed E-state index contributed by atoms with van der Waals surface area (Å²) in [5.41, 5.74) is 4.66. The third-order valence-electron chi connectivity index (χ3n) is 5.56. The molecule has 0 spiro atoms. The summed E-state index contributed by atoms with van der Waals surface area (Å²) in [6.45, 7) is 13.5. The molecule has 1 aliphatic heterocycles. The lowest BCUT2D eigenvalue weighted by atomic mass is 10.1. The highest BCUT2D eigenvalue weighted by atomic mass is 16.2. The molecule has 0 saturated carbocycles. The van der Waals surface area contributed by atoms with Gasteiger partial charge in [-0.1, -0.05) is 12.1 Å². The summed E-state index contributed by atoms with van der Waals surface area (Å²) in [6.07, 6.45) is 1.74. The number of rotatable bonds is 5. The van der Waals surface area contributed by atoms with Gasteiger partial charge in [0.15, 0.2) is 0 Å². The van der Waals surface area contributed by atoms with Crippen molar-refractivity contribution in [2.45, 2.75) is 27.7 Å². The van der Waals surface area contributed by atoms with Crippen LogP contribution in [0.1, 0.15) is 35.3 Å². The van der Waals surface area contributed by atoms with Crippen LogP contribution in [0.3, 0.4) is 0 Å². The number of pyridine rings is 1. The maximum Gasteiger partial charge on any atom is 0.254 e. The standard InChI is InChI=1S/C22H30N4O/c1-5-24(6-2)21-16-19(10-11-23-21)22(27)26-14-12-25(13-15-26)20-9-7-8-17(3)18(20)4/h7-11,16H,5-6,12-15H2,1-4H3. The number of benzene rings is 1. The second-order valence-electron chi connectivity index (χ2n) is 7.07. The topological polar surface area (TPSA) is 39.7 Å². The first-order chi connectivity index (χ1) is 13.0. The first-order valence-electron chi connectivity index (χ1n) is 9.86. The molecule has 0 N–H and O–H groups in total. The molecule has 5 heteroatoms. The minimum Gasteiger partial charge on any atom is -0.368 e. The number of carbonyl (C=O) groups excluding carboxylic acids is 1.